The molecule has 1 aliphatic carbocycles. The number of rotatable bonds is 3. The number of ether oxygens (including phenoxy) is 1. The van der Waals surface area contributed by atoms with E-state index in [1.54, 1.807) is 0 Å². The van der Waals surface area contributed by atoms with Gasteiger partial charge in [-0.25, -0.2) is 0 Å². The Kier molecular flexibility index (Phi) is 1.99. The van der Waals surface area contributed by atoms with Gasteiger partial charge in [0.15, 0.2) is 0 Å². The first-order valence-corrected chi connectivity index (χ1v) is 4.73. The Balaban J connectivity index is 1.86. The van der Waals surface area contributed by atoms with Crippen LogP contribution in [0.1, 0.15) is 19.3 Å². The third-order valence-corrected chi connectivity index (χ3v) is 3.23. The zero-order valence-corrected chi connectivity index (χ0v) is 7.86. The molecule has 1 saturated heterocycles. The number of carbonyl (C=O) groups excluding carboxylic acids is 2. The highest BCUT2D eigenvalue weighted by Gasteiger charge is 2.58. The van der Waals surface area contributed by atoms with E-state index >= 15 is 0 Å². The molecular formula is C9H14N2O3. The average Bonchev–Trinajstić information content (AvgIpc) is 1.90. The van der Waals surface area contributed by atoms with Crippen molar-refractivity contribution in [1.82, 2.24) is 0 Å². The van der Waals surface area contributed by atoms with Crippen LogP contribution in [-0.4, -0.2) is 24.5 Å². The summed E-state index contributed by atoms with van der Waals surface area (Å²) in [5.74, 6) is -0.354. The largest absolute Gasteiger partial charge is 0.370 e. The van der Waals surface area contributed by atoms with E-state index in [4.69, 9.17) is 16.2 Å². The van der Waals surface area contributed by atoms with Gasteiger partial charge in [-0.2, -0.15) is 0 Å². The second-order valence-electron chi connectivity index (χ2n) is 4.40. The smallest absolute Gasteiger partial charge is 0.247 e. The first kappa shape index (κ1) is 9.45. The Morgan fingerprint density at radius 1 is 1.36 bits per heavy atom. The van der Waals surface area contributed by atoms with E-state index < -0.39 is 12.0 Å². The van der Waals surface area contributed by atoms with Crippen LogP contribution in [0.25, 0.3) is 0 Å². The van der Waals surface area contributed by atoms with Crippen molar-refractivity contribution in [2.24, 2.45) is 22.8 Å². The molecule has 5 nitrogen and oxygen atoms in total. The first-order chi connectivity index (χ1) is 6.53. The van der Waals surface area contributed by atoms with E-state index in [0.717, 1.165) is 12.8 Å². The number of nitrogens with two attached hydrogens (primary N) is 2. The lowest BCUT2D eigenvalue weighted by atomic mass is 9.56. The molecule has 0 radical (unpaired) electrons. The predicted octanol–water partition coefficient (Wildman–Crippen LogP) is -0.858. The van der Waals surface area contributed by atoms with Crippen molar-refractivity contribution < 1.29 is 14.3 Å². The molecule has 2 fully saturated rings. The van der Waals surface area contributed by atoms with E-state index in [9.17, 15) is 9.59 Å². The number of carbonyl (C=O) groups is 2. The summed E-state index contributed by atoms with van der Waals surface area (Å²) in [6.45, 7) is 0.593. The Hall–Kier alpha value is -1.10. The summed E-state index contributed by atoms with van der Waals surface area (Å²) in [5.41, 5.74) is 10.2. The van der Waals surface area contributed by atoms with Crippen LogP contribution in [0.3, 0.4) is 0 Å². The highest BCUT2D eigenvalue weighted by atomic mass is 16.5. The fourth-order valence-electron chi connectivity index (χ4n) is 2.64. The number of amides is 2. The summed E-state index contributed by atoms with van der Waals surface area (Å²) in [6.07, 6.45) is 1.65. The zero-order chi connectivity index (χ0) is 10.3. The molecule has 4 N–H and O–H groups in total. The number of hydrogen-bond donors (Lipinski definition) is 2. The molecule has 2 aliphatic rings. The summed E-state index contributed by atoms with van der Waals surface area (Å²) < 4.78 is 5.11. The van der Waals surface area contributed by atoms with Crippen molar-refractivity contribution in [3.05, 3.63) is 0 Å². The normalized spacial score (nSPS) is 40.0. The van der Waals surface area contributed by atoms with Gasteiger partial charge in [-0.1, -0.05) is 0 Å². The van der Waals surface area contributed by atoms with Crippen molar-refractivity contribution in [2.75, 3.05) is 6.61 Å². The second kappa shape index (κ2) is 2.95. The SMILES string of the molecule is NC(=O)CC1CC2(COC2C(N)=O)C1. The van der Waals surface area contributed by atoms with E-state index in [1.807, 2.05) is 0 Å². The van der Waals surface area contributed by atoms with Crippen molar-refractivity contribution in [2.45, 2.75) is 25.4 Å². The summed E-state index contributed by atoms with van der Waals surface area (Å²) in [4.78, 5) is 21.6. The molecule has 0 aromatic rings. The fraction of sp³-hybridized carbons (Fsp3) is 0.778. The molecule has 2 rings (SSSR count). The first-order valence-electron chi connectivity index (χ1n) is 4.73. The topological polar surface area (TPSA) is 95.4 Å². The molecule has 0 aromatic heterocycles. The highest BCUT2D eigenvalue weighted by molar-refractivity contribution is 5.81. The monoisotopic (exact) mass is 198 g/mol. The molecule has 78 valence electrons. The molecule has 1 aliphatic heterocycles. The molecule has 1 spiro atoms. The summed E-state index contributed by atoms with van der Waals surface area (Å²) in [6, 6.07) is 0. The van der Waals surface area contributed by atoms with Crippen LogP contribution in [0, 0.1) is 11.3 Å². The Morgan fingerprint density at radius 2 is 2.00 bits per heavy atom. The summed E-state index contributed by atoms with van der Waals surface area (Å²) in [7, 11) is 0. The van der Waals surface area contributed by atoms with Crippen LogP contribution in [0.2, 0.25) is 0 Å². The molecule has 14 heavy (non-hydrogen) atoms. The molecule has 1 heterocycles. The van der Waals surface area contributed by atoms with Gasteiger partial charge in [-0.3, -0.25) is 9.59 Å². The van der Waals surface area contributed by atoms with Crippen LogP contribution in [0.15, 0.2) is 0 Å². The zero-order valence-electron chi connectivity index (χ0n) is 7.86. The lowest BCUT2D eigenvalue weighted by Crippen LogP contribution is -2.64. The molecule has 1 saturated carbocycles. The summed E-state index contributed by atoms with van der Waals surface area (Å²) >= 11 is 0. The van der Waals surface area contributed by atoms with Crippen LogP contribution in [0.5, 0.6) is 0 Å². The van der Waals surface area contributed by atoms with Gasteiger partial charge in [0.05, 0.1) is 6.61 Å². The van der Waals surface area contributed by atoms with Crippen LogP contribution < -0.4 is 11.5 Å². The second-order valence-corrected chi connectivity index (χ2v) is 4.40. The third-order valence-electron chi connectivity index (χ3n) is 3.23. The van der Waals surface area contributed by atoms with Gasteiger partial charge in [0.1, 0.15) is 6.10 Å². The molecule has 1 unspecified atom stereocenters. The minimum Gasteiger partial charge on any atom is -0.370 e. The highest BCUT2D eigenvalue weighted by Crippen LogP contribution is 2.55. The third kappa shape index (κ3) is 1.28. The molecular weight excluding hydrogens is 184 g/mol. The molecule has 0 aromatic carbocycles. The maximum absolute atomic E-state index is 10.9. The standard InChI is InChI=1S/C9H14N2O3/c10-6(12)1-5-2-9(3-5)4-14-7(9)8(11)13/h5,7H,1-4H2,(H2,10,12)(H2,11,13). The van der Waals surface area contributed by atoms with Crippen molar-refractivity contribution in [3.63, 3.8) is 0 Å². The van der Waals surface area contributed by atoms with E-state index in [0.29, 0.717) is 18.9 Å². The Bertz CT molecular complexity index is 284. The van der Waals surface area contributed by atoms with Crippen molar-refractivity contribution in [3.8, 4) is 0 Å². The molecule has 2 amide bonds. The van der Waals surface area contributed by atoms with Gasteiger partial charge in [0.2, 0.25) is 11.8 Å². The van der Waals surface area contributed by atoms with Crippen LogP contribution in [-0.2, 0) is 14.3 Å². The van der Waals surface area contributed by atoms with E-state index in [2.05, 4.69) is 0 Å². The average molecular weight is 198 g/mol. The van der Waals surface area contributed by atoms with Gasteiger partial charge in [0, 0.05) is 11.8 Å². The van der Waals surface area contributed by atoms with Crippen molar-refractivity contribution in [1.29, 1.82) is 0 Å². The van der Waals surface area contributed by atoms with E-state index in [1.165, 1.54) is 0 Å². The summed E-state index contributed by atoms with van der Waals surface area (Å²) in [5, 5.41) is 0. The van der Waals surface area contributed by atoms with Gasteiger partial charge in [-0.05, 0) is 18.8 Å². The maximum atomic E-state index is 10.9. The number of primary amides is 2. The van der Waals surface area contributed by atoms with Gasteiger partial charge in [0.25, 0.3) is 0 Å². The minimum absolute atomic E-state index is 0.0635. The predicted molar refractivity (Wildman–Crippen MR) is 47.9 cm³/mol. The quantitative estimate of drug-likeness (QED) is 0.617. The van der Waals surface area contributed by atoms with Gasteiger partial charge in [-0.15, -0.1) is 0 Å². The lowest BCUT2D eigenvalue weighted by molar-refractivity contribution is -0.233. The molecule has 1 atom stereocenters. The van der Waals surface area contributed by atoms with E-state index in [-0.39, 0.29) is 11.3 Å². The minimum atomic E-state index is -0.438. The molecule has 5 heteroatoms. The van der Waals surface area contributed by atoms with Crippen LogP contribution >= 0.6 is 0 Å². The Labute approximate surface area is 81.8 Å². The lowest BCUT2D eigenvalue weighted by Gasteiger charge is -2.57. The van der Waals surface area contributed by atoms with Gasteiger partial charge < -0.3 is 16.2 Å². The Morgan fingerprint density at radius 3 is 2.36 bits per heavy atom. The van der Waals surface area contributed by atoms with Crippen LogP contribution in [0.4, 0.5) is 0 Å². The van der Waals surface area contributed by atoms with Crippen molar-refractivity contribution >= 4 is 11.8 Å². The maximum Gasteiger partial charge on any atom is 0.247 e. The number of hydrogen-bond acceptors (Lipinski definition) is 3. The molecule has 0 bridgehead atoms. The fourth-order valence-corrected chi connectivity index (χ4v) is 2.64. The van der Waals surface area contributed by atoms with Gasteiger partial charge >= 0.3 is 0 Å².